The zero-order valence-corrected chi connectivity index (χ0v) is 11.8. The number of para-hydroxylation sites is 2. The minimum atomic E-state index is -0.639. The molecule has 0 fully saturated rings. The molecule has 0 aliphatic heterocycles. The predicted octanol–water partition coefficient (Wildman–Crippen LogP) is 2.14. The maximum atomic E-state index is 12.1. The molecule has 116 valence electrons. The van der Waals surface area contributed by atoms with Gasteiger partial charge in [0.1, 0.15) is 6.54 Å². The molecule has 3 rings (SSSR count). The number of hydrogen-bond donors (Lipinski definition) is 1. The van der Waals surface area contributed by atoms with Crippen molar-refractivity contribution in [1.82, 2.24) is 4.57 Å². The van der Waals surface area contributed by atoms with E-state index in [2.05, 4.69) is 5.32 Å². The number of carbonyl (C=O) groups excluding carboxylic acids is 1. The van der Waals surface area contributed by atoms with Crippen LogP contribution in [-0.2, 0) is 11.3 Å². The summed E-state index contributed by atoms with van der Waals surface area (Å²) in [7, 11) is 0. The number of amides is 1. The molecule has 3 aromatic rings. The first kappa shape index (κ1) is 14.5. The lowest BCUT2D eigenvalue weighted by atomic mass is 10.3. The molecule has 2 aromatic carbocycles. The minimum Gasteiger partial charge on any atom is -0.408 e. The van der Waals surface area contributed by atoms with Gasteiger partial charge in [-0.05, 0) is 18.2 Å². The number of non-ortho nitro benzene ring substituents is 1. The molecule has 0 aliphatic rings. The van der Waals surface area contributed by atoms with Crippen molar-refractivity contribution in [3.05, 3.63) is 69.2 Å². The van der Waals surface area contributed by atoms with Crippen LogP contribution in [0.25, 0.3) is 11.1 Å². The van der Waals surface area contributed by atoms with E-state index in [1.165, 1.54) is 28.8 Å². The summed E-state index contributed by atoms with van der Waals surface area (Å²) in [4.78, 5) is 34.0. The van der Waals surface area contributed by atoms with Gasteiger partial charge in [0.15, 0.2) is 5.58 Å². The highest BCUT2D eigenvalue weighted by Gasteiger charge is 2.13. The number of oxazole rings is 1. The van der Waals surface area contributed by atoms with Crippen LogP contribution >= 0.6 is 0 Å². The number of anilines is 1. The molecule has 0 aliphatic carbocycles. The second-order valence-electron chi connectivity index (χ2n) is 4.78. The van der Waals surface area contributed by atoms with Crippen LogP contribution in [0.2, 0.25) is 0 Å². The molecule has 1 aromatic heterocycles. The van der Waals surface area contributed by atoms with Crippen LogP contribution in [0.15, 0.2) is 57.7 Å². The van der Waals surface area contributed by atoms with Gasteiger partial charge in [0.05, 0.1) is 10.4 Å². The minimum absolute atomic E-state index is 0.131. The van der Waals surface area contributed by atoms with Gasteiger partial charge < -0.3 is 9.73 Å². The van der Waals surface area contributed by atoms with Crippen molar-refractivity contribution in [1.29, 1.82) is 0 Å². The lowest BCUT2D eigenvalue weighted by Crippen LogP contribution is -2.24. The lowest BCUT2D eigenvalue weighted by Gasteiger charge is -2.05. The number of hydrogen-bond acceptors (Lipinski definition) is 5. The molecule has 8 nitrogen and oxygen atoms in total. The molecule has 0 saturated carbocycles. The van der Waals surface area contributed by atoms with Gasteiger partial charge in [0.2, 0.25) is 5.91 Å². The standard InChI is InChI=1S/C15H11N3O5/c19-14(16-10-4-3-5-11(8-10)18(21)22)9-17-12-6-1-2-7-13(12)23-15(17)20/h1-8H,9H2,(H,16,19). The van der Waals surface area contributed by atoms with E-state index in [9.17, 15) is 19.7 Å². The fraction of sp³-hybridized carbons (Fsp3) is 0.0667. The van der Waals surface area contributed by atoms with E-state index in [-0.39, 0.29) is 17.9 Å². The maximum Gasteiger partial charge on any atom is 0.420 e. The molecular formula is C15H11N3O5. The van der Waals surface area contributed by atoms with Crippen molar-refractivity contribution >= 4 is 28.4 Å². The number of nitro benzene ring substituents is 1. The van der Waals surface area contributed by atoms with Crippen molar-refractivity contribution in [3.8, 4) is 0 Å². The molecular weight excluding hydrogens is 302 g/mol. The molecule has 0 unspecified atom stereocenters. The number of aromatic nitrogens is 1. The van der Waals surface area contributed by atoms with Crippen LogP contribution in [0, 0.1) is 10.1 Å². The second kappa shape index (κ2) is 5.76. The molecule has 0 atom stereocenters. The zero-order valence-electron chi connectivity index (χ0n) is 11.8. The number of nitrogens with zero attached hydrogens (tertiary/aromatic N) is 2. The van der Waals surface area contributed by atoms with Crippen LogP contribution < -0.4 is 11.1 Å². The summed E-state index contributed by atoms with van der Waals surface area (Å²) in [5.41, 5.74) is 1.05. The Morgan fingerprint density at radius 1 is 1.22 bits per heavy atom. The summed E-state index contributed by atoms with van der Waals surface area (Å²) < 4.78 is 6.24. The van der Waals surface area contributed by atoms with Gasteiger partial charge in [-0.25, -0.2) is 4.79 Å². The van der Waals surface area contributed by atoms with Crippen molar-refractivity contribution in [2.24, 2.45) is 0 Å². The number of nitrogens with one attached hydrogen (secondary N) is 1. The molecule has 1 amide bonds. The molecule has 0 bridgehead atoms. The SMILES string of the molecule is O=C(Cn1c(=O)oc2ccccc21)Nc1cccc([N+](=O)[O-])c1. The van der Waals surface area contributed by atoms with Crippen LogP contribution in [0.1, 0.15) is 0 Å². The van der Waals surface area contributed by atoms with Gasteiger partial charge in [-0.15, -0.1) is 0 Å². The first-order valence-corrected chi connectivity index (χ1v) is 6.67. The van der Waals surface area contributed by atoms with Crippen LogP contribution in [0.3, 0.4) is 0 Å². The van der Waals surface area contributed by atoms with Crippen molar-refractivity contribution in [2.45, 2.75) is 6.54 Å². The second-order valence-corrected chi connectivity index (χ2v) is 4.78. The van der Waals surface area contributed by atoms with E-state index < -0.39 is 16.6 Å². The predicted molar refractivity (Wildman–Crippen MR) is 82.2 cm³/mol. The Labute approximate surface area is 129 Å². The quantitative estimate of drug-likeness (QED) is 0.586. The van der Waals surface area contributed by atoms with Crippen molar-refractivity contribution in [3.63, 3.8) is 0 Å². The Balaban J connectivity index is 1.82. The van der Waals surface area contributed by atoms with Crippen LogP contribution in [0.5, 0.6) is 0 Å². The zero-order chi connectivity index (χ0) is 16.4. The summed E-state index contributed by atoms with van der Waals surface area (Å²) >= 11 is 0. The van der Waals surface area contributed by atoms with Gasteiger partial charge >= 0.3 is 5.76 Å². The molecule has 1 heterocycles. The number of rotatable bonds is 4. The highest BCUT2D eigenvalue weighted by Crippen LogP contribution is 2.17. The summed E-state index contributed by atoms with van der Waals surface area (Å²) in [5.74, 6) is -1.13. The van der Waals surface area contributed by atoms with Gasteiger partial charge in [-0.1, -0.05) is 18.2 Å². The monoisotopic (exact) mass is 313 g/mol. The largest absolute Gasteiger partial charge is 0.420 e. The Morgan fingerprint density at radius 2 is 2.00 bits per heavy atom. The van der Waals surface area contributed by atoms with E-state index in [4.69, 9.17) is 4.42 Å². The number of fused-ring (bicyclic) bond motifs is 1. The maximum absolute atomic E-state index is 12.1. The highest BCUT2D eigenvalue weighted by atomic mass is 16.6. The van der Waals surface area contributed by atoms with Gasteiger partial charge in [-0.2, -0.15) is 0 Å². The third-order valence-corrected chi connectivity index (χ3v) is 3.22. The smallest absolute Gasteiger partial charge is 0.408 e. The normalized spacial score (nSPS) is 10.6. The molecule has 23 heavy (non-hydrogen) atoms. The summed E-state index contributed by atoms with van der Waals surface area (Å²) in [6.07, 6.45) is 0. The highest BCUT2D eigenvalue weighted by molar-refractivity contribution is 5.91. The lowest BCUT2D eigenvalue weighted by molar-refractivity contribution is -0.384. The molecule has 8 heteroatoms. The first-order chi connectivity index (χ1) is 11.0. The third kappa shape index (κ3) is 2.95. The Bertz CT molecular complexity index is 957. The Hall–Kier alpha value is -3.42. The average Bonchev–Trinajstić information content (AvgIpc) is 2.83. The van der Waals surface area contributed by atoms with Gasteiger partial charge in [0.25, 0.3) is 5.69 Å². The molecule has 0 spiro atoms. The molecule has 1 N–H and O–H groups in total. The van der Waals surface area contributed by atoms with E-state index in [1.54, 1.807) is 24.3 Å². The summed E-state index contributed by atoms with van der Waals surface area (Å²) in [6, 6.07) is 12.3. The van der Waals surface area contributed by atoms with Crippen LogP contribution in [-0.4, -0.2) is 15.4 Å². The van der Waals surface area contributed by atoms with Crippen LogP contribution in [0.4, 0.5) is 11.4 Å². The Kier molecular flexibility index (Phi) is 3.63. The molecule has 0 saturated heterocycles. The third-order valence-electron chi connectivity index (χ3n) is 3.22. The Morgan fingerprint density at radius 3 is 2.78 bits per heavy atom. The van der Waals surface area contributed by atoms with E-state index in [1.807, 2.05) is 0 Å². The van der Waals surface area contributed by atoms with Crippen molar-refractivity contribution < 1.29 is 14.1 Å². The average molecular weight is 313 g/mol. The van der Waals surface area contributed by atoms with E-state index in [0.29, 0.717) is 11.1 Å². The first-order valence-electron chi connectivity index (χ1n) is 6.67. The summed E-state index contributed by atoms with van der Waals surface area (Å²) in [6.45, 7) is -0.251. The van der Waals surface area contributed by atoms with Gasteiger partial charge in [-0.3, -0.25) is 19.5 Å². The fourth-order valence-corrected chi connectivity index (χ4v) is 2.21. The van der Waals surface area contributed by atoms with Gasteiger partial charge in [0, 0.05) is 17.8 Å². The van der Waals surface area contributed by atoms with E-state index in [0.717, 1.165) is 0 Å². The van der Waals surface area contributed by atoms with Crippen molar-refractivity contribution in [2.75, 3.05) is 5.32 Å². The fourth-order valence-electron chi connectivity index (χ4n) is 2.21. The summed E-state index contributed by atoms with van der Waals surface area (Å²) in [5, 5.41) is 13.2. The van der Waals surface area contributed by atoms with E-state index >= 15 is 0 Å². The number of nitro groups is 1. The molecule has 0 radical (unpaired) electrons. The number of benzene rings is 2. The number of carbonyl (C=O) groups is 1. The topological polar surface area (TPSA) is 107 Å².